The molecule has 0 heterocycles. The minimum Gasteiger partial charge on any atom is -0.493 e. The van der Waals surface area contributed by atoms with E-state index in [2.05, 4.69) is 0 Å². The molecule has 0 aliphatic rings. The highest BCUT2D eigenvalue weighted by Crippen LogP contribution is 2.21. The Labute approximate surface area is 119 Å². The number of ether oxygens (including phenoxy) is 1. The van der Waals surface area contributed by atoms with Gasteiger partial charge in [-0.3, -0.25) is 14.5 Å². The van der Waals surface area contributed by atoms with Crippen LogP contribution in [0.2, 0.25) is 0 Å². The van der Waals surface area contributed by atoms with Crippen molar-refractivity contribution in [2.45, 2.75) is 20.3 Å². The van der Waals surface area contributed by atoms with Crippen molar-refractivity contribution in [3.05, 3.63) is 29.3 Å². The molecular weight excluding hydrogens is 258 g/mol. The molecule has 0 amide bonds. The van der Waals surface area contributed by atoms with Gasteiger partial charge in [-0.05, 0) is 33.0 Å². The number of Topliss-reactive ketones (excluding diaryl/α,β-unsaturated/α-hetero) is 1. The average Bonchev–Trinajstić information content (AvgIpc) is 2.38. The Hall–Kier alpha value is -1.88. The van der Waals surface area contributed by atoms with Gasteiger partial charge in [0.05, 0.1) is 25.1 Å². The summed E-state index contributed by atoms with van der Waals surface area (Å²) in [6, 6.07) is 5.50. The Morgan fingerprint density at radius 1 is 1.35 bits per heavy atom. The lowest BCUT2D eigenvalue weighted by atomic mass is 10.1. The molecule has 0 radical (unpaired) electrons. The van der Waals surface area contributed by atoms with Crippen molar-refractivity contribution in [2.24, 2.45) is 0 Å². The third-order valence-electron chi connectivity index (χ3n) is 2.86. The SMILES string of the molecule is CCOc1ccc(C)cc1C(=O)CN(C)CCC(=O)O. The van der Waals surface area contributed by atoms with Gasteiger partial charge in [0.1, 0.15) is 5.75 Å². The lowest BCUT2D eigenvalue weighted by Gasteiger charge is -2.16. The highest BCUT2D eigenvalue weighted by molar-refractivity contribution is 6.00. The number of hydrogen-bond acceptors (Lipinski definition) is 4. The van der Waals surface area contributed by atoms with Crippen molar-refractivity contribution in [3.8, 4) is 5.75 Å². The molecule has 5 heteroatoms. The van der Waals surface area contributed by atoms with Crippen LogP contribution in [0, 0.1) is 6.92 Å². The van der Waals surface area contributed by atoms with Gasteiger partial charge >= 0.3 is 5.97 Å². The molecule has 0 aliphatic heterocycles. The second kappa shape index (κ2) is 7.65. The summed E-state index contributed by atoms with van der Waals surface area (Å²) in [6.45, 7) is 4.81. The summed E-state index contributed by atoms with van der Waals surface area (Å²) < 4.78 is 5.46. The Balaban J connectivity index is 2.75. The van der Waals surface area contributed by atoms with Crippen molar-refractivity contribution < 1.29 is 19.4 Å². The molecule has 20 heavy (non-hydrogen) atoms. The molecule has 110 valence electrons. The molecular formula is C15H21NO4. The molecule has 0 aliphatic carbocycles. The molecule has 1 aromatic rings. The number of aryl methyl sites for hydroxylation is 1. The standard InChI is InChI=1S/C15H21NO4/c1-4-20-14-6-5-11(2)9-12(14)13(17)10-16(3)8-7-15(18)19/h5-6,9H,4,7-8,10H2,1-3H3,(H,18,19). The van der Waals surface area contributed by atoms with Gasteiger partial charge in [-0.2, -0.15) is 0 Å². The van der Waals surface area contributed by atoms with Crippen molar-refractivity contribution in [1.82, 2.24) is 4.90 Å². The minimum absolute atomic E-state index is 0.0237. The first kappa shape index (κ1) is 16.2. The van der Waals surface area contributed by atoms with Gasteiger partial charge in [-0.25, -0.2) is 0 Å². The predicted molar refractivity (Wildman–Crippen MR) is 76.4 cm³/mol. The third-order valence-corrected chi connectivity index (χ3v) is 2.86. The molecule has 0 bridgehead atoms. The van der Waals surface area contributed by atoms with E-state index in [1.54, 1.807) is 24.1 Å². The minimum atomic E-state index is -0.866. The van der Waals surface area contributed by atoms with E-state index in [-0.39, 0.29) is 18.7 Å². The number of carbonyl (C=O) groups excluding carboxylic acids is 1. The van der Waals surface area contributed by atoms with Crippen LogP contribution in [-0.4, -0.2) is 48.5 Å². The molecule has 0 saturated carbocycles. The van der Waals surface area contributed by atoms with Crippen LogP contribution in [0.5, 0.6) is 5.75 Å². The molecule has 0 aromatic heterocycles. The number of rotatable bonds is 8. The fourth-order valence-corrected chi connectivity index (χ4v) is 1.84. The van der Waals surface area contributed by atoms with Crippen LogP contribution in [0.4, 0.5) is 0 Å². The second-order valence-electron chi connectivity index (χ2n) is 4.74. The summed E-state index contributed by atoms with van der Waals surface area (Å²) in [5.41, 5.74) is 1.54. The predicted octanol–water partition coefficient (Wildman–Crippen LogP) is 1.98. The van der Waals surface area contributed by atoms with Gasteiger partial charge in [0.15, 0.2) is 5.78 Å². The zero-order valence-corrected chi connectivity index (χ0v) is 12.2. The van der Waals surface area contributed by atoms with Crippen LogP contribution >= 0.6 is 0 Å². The van der Waals surface area contributed by atoms with Crippen LogP contribution in [0.15, 0.2) is 18.2 Å². The number of carboxylic acid groups (broad SMARTS) is 1. The number of nitrogens with zero attached hydrogens (tertiary/aromatic N) is 1. The summed E-state index contributed by atoms with van der Waals surface area (Å²) in [4.78, 5) is 24.5. The molecule has 0 spiro atoms. The molecule has 1 N–H and O–H groups in total. The van der Waals surface area contributed by atoms with Gasteiger partial charge in [-0.15, -0.1) is 0 Å². The normalized spacial score (nSPS) is 10.6. The summed E-state index contributed by atoms with van der Waals surface area (Å²) in [7, 11) is 1.73. The van der Waals surface area contributed by atoms with E-state index < -0.39 is 5.97 Å². The lowest BCUT2D eigenvalue weighted by Crippen LogP contribution is -2.28. The molecule has 1 aromatic carbocycles. The van der Waals surface area contributed by atoms with E-state index in [0.717, 1.165) is 5.56 Å². The van der Waals surface area contributed by atoms with E-state index in [4.69, 9.17) is 9.84 Å². The topological polar surface area (TPSA) is 66.8 Å². The number of carboxylic acids is 1. The van der Waals surface area contributed by atoms with Gasteiger partial charge in [-0.1, -0.05) is 11.6 Å². The Morgan fingerprint density at radius 2 is 2.05 bits per heavy atom. The number of likely N-dealkylation sites (N-methyl/N-ethyl adjacent to an activating group) is 1. The van der Waals surface area contributed by atoms with Crippen LogP contribution in [-0.2, 0) is 4.79 Å². The van der Waals surface area contributed by atoms with E-state index in [0.29, 0.717) is 24.5 Å². The van der Waals surface area contributed by atoms with Gasteiger partial charge in [0, 0.05) is 6.54 Å². The van der Waals surface area contributed by atoms with Crippen LogP contribution in [0.25, 0.3) is 0 Å². The van der Waals surface area contributed by atoms with E-state index >= 15 is 0 Å². The van der Waals surface area contributed by atoms with Crippen molar-refractivity contribution >= 4 is 11.8 Å². The first-order chi connectivity index (χ1) is 9.43. The number of benzene rings is 1. The second-order valence-corrected chi connectivity index (χ2v) is 4.74. The van der Waals surface area contributed by atoms with Crippen molar-refractivity contribution in [2.75, 3.05) is 26.7 Å². The number of carbonyl (C=O) groups is 2. The number of ketones is 1. The monoisotopic (exact) mass is 279 g/mol. The zero-order chi connectivity index (χ0) is 15.1. The molecule has 0 saturated heterocycles. The van der Waals surface area contributed by atoms with Crippen molar-refractivity contribution in [1.29, 1.82) is 0 Å². The summed E-state index contributed by atoms with van der Waals surface area (Å²) in [5, 5.41) is 8.63. The lowest BCUT2D eigenvalue weighted by molar-refractivity contribution is -0.137. The zero-order valence-electron chi connectivity index (χ0n) is 12.2. The average molecular weight is 279 g/mol. The van der Waals surface area contributed by atoms with Crippen molar-refractivity contribution in [3.63, 3.8) is 0 Å². The first-order valence-electron chi connectivity index (χ1n) is 6.61. The van der Waals surface area contributed by atoms with E-state index in [1.165, 1.54) is 0 Å². The summed E-state index contributed by atoms with van der Waals surface area (Å²) in [5.74, 6) is -0.352. The van der Waals surface area contributed by atoms with Crippen LogP contribution in [0.3, 0.4) is 0 Å². The van der Waals surface area contributed by atoms with Gasteiger partial charge in [0.2, 0.25) is 0 Å². The van der Waals surface area contributed by atoms with Crippen LogP contribution < -0.4 is 4.74 Å². The number of hydrogen-bond donors (Lipinski definition) is 1. The van der Waals surface area contributed by atoms with Gasteiger partial charge in [0.25, 0.3) is 0 Å². The quantitative estimate of drug-likeness (QED) is 0.737. The third kappa shape index (κ3) is 5.01. The molecule has 0 fully saturated rings. The number of aliphatic carboxylic acids is 1. The molecule has 0 unspecified atom stereocenters. The van der Waals surface area contributed by atoms with E-state index in [9.17, 15) is 9.59 Å². The Kier molecular flexibility index (Phi) is 6.18. The fourth-order valence-electron chi connectivity index (χ4n) is 1.84. The van der Waals surface area contributed by atoms with Crippen LogP contribution in [0.1, 0.15) is 29.3 Å². The van der Waals surface area contributed by atoms with E-state index in [1.807, 2.05) is 19.9 Å². The highest BCUT2D eigenvalue weighted by Gasteiger charge is 2.15. The maximum absolute atomic E-state index is 12.3. The molecule has 0 atom stereocenters. The molecule has 5 nitrogen and oxygen atoms in total. The maximum Gasteiger partial charge on any atom is 0.304 e. The summed E-state index contributed by atoms with van der Waals surface area (Å²) in [6.07, 6.45) is 0.0237. The molecule has 1 rings (SSSR count). The fraction of sp³-hybridized carbons (Fsp3) is 0.467. The Bertz CT molecular complexity index is 485. The Morgan fingerprint density at radius 3 is 2.65 bits per heavy atom. The first-order valence-corrected chi connectivity index (χ1v) is 6.61. The smallest absolute Gasteiger partial charge is 0.304 e. The highest BCUT2D eigenvalue weighted by atomic mass is 16.5. The summed E-state index contributed by atoms with van der Waals surface area (Å²) >= 11 is 0. The van der Waals surface area contributed by atoms with Gasteiger partial charge < -0.3 is 9.84 Å². The maximum atomic E-state index is 12.3. The largest absolute Gasteiger partial charge is 0.493 e.